The first kappa shape index (κ1) is 14.5. The van der Waals surface area contributed by atoms with Crippen LogP contribution in [0.4, 0.5) is 0 Å². The molecule has 2 N–H and O–H groups in total. The van der Waals surface area contributed by atoms with Gasteiger partial charge in [-0.3, -0.25) is 0 Å². The van der Waals surface area contributed by atoms with Crippen molar-refractivity contribution in [3.63, 3.8) is 0 Å². The average Bonchev–Trinajstić information content (AvgIpc) is 2.44. The molecule has 0 fully saturated rings. The summed E-state index contributed by atoms with van der Waals surface area (Å²) in [6.45, 7) is 2.07. The maximum absolute atomic E-state index is 8.38. The molecule has 1 aliphatic heterocycles. The first-order valence-corrected chi connectivity index (χ1v) is 6.10. The van der Waals surface area contributed by atoms with Crippen LogP contribution in [0.2, 0.25) is 0 Å². The number of hydrogen-bond donors (Lipinski definition) is 2. The topological polar surface area (TPSA) is 35.9 Å². The van der Waals surface area contributed by atoms with Crippen molar-refractivity contribution in [1.82, 2.24) is 5.32 Å². The zero-order valence-electron chi connectivity index (χ0n) is 10.9. The molecule has 0 aromatic heterocycles. The summed E-state index contributed by atoms with van der Waals surface area (Å²) in [7, 11) is 0. The Morgan fingerprint density at radius 2 is 1.63 bits per heavy atom. The quantitative estimate of drug-likeness (QED) is 0.776. The van der Waals surface area contributed by atoms with Gasteiger partial charge in [0.25, 0.3) is 0 Å². The second kappa shape index (κ2) is 6.00. The molecule has 0 saturated heterocycles. The second-order valence-electron chi connectivity index (χ2n) is 4.57. The molecular weight excluding hydrogens is 309 g/mol. The molecule has 2 aromatic carbocycles. The number of rotatable bonds is 1. The minimum atomic E-state index is -0.0406. The van der Waals surface area contributed by atoms with E-state index in [1.54, 1.807) is 0 Å². The average molecular weight is 324 g/mol. The molecule has 0 spiro atoms. The molecule has 19 heavy (non-hydrogen) atoms. The largest absolute Gasteiger partial charge is 3.00 e. The summed E-state index contributed by atoms with van der Waals surface area (Å²) in [5.74, 6) is 0. The van der Waals surface area contributed by atoms with E-state index >= 15 is 0 Å². The Balaban J connectivity index is 0.00000133. The van der Waals surface area contributed by atoms with Gasteiger partial charge in [-0.25, -0.2) is 0 Å². The smallest absolute Gasteiger partial charge is 0.334 e. The number of hydrogen-bond acceptors (Lipinski definition) is 2. The van der Waals surface area contributed by atoms with E-state index in [2.05, 4.69) is 30.4 Å². The molecule has 1 aliphatic rings. The van der Waals surface area contributed by atoms with Gasteiger partial charge < -0.3 is 10.7 Å². The van der Waals surface area contributed by atoms with E-state index < -0.39 is 0 Å². The molecule has 0 bridgehead atoms. The van der Waals surface area contributed by atoms with Gasteiger partial charge in [-0.05, 0) is 5.56 Å². The Hall–Kier alpha value is -0.956. The van der Waals surface area contributed by atoms with Crippen molar-refractivity contribution in [1.29, 1.82) is 5.41 Å². The molecule has 0 radical (unpaired) electrons. The van der Waals surface area contributed by atoms with Gasteiger partial charge in [-0.15, -0.1) is 23.7 Å². The number of nitrogens with one attached hydrogen (secondary N) is 2. The fraction of sp³-hybridized carbons (Fsp3) is 0.125. The molecule has 0 amide bonds. The van der Waals surface area contributed by atoms with E-state index in [-0.39, 0.29) is 38.8 Å². The summed E-state index contributed by atoms with van der Waals surface area (Å²) in [6, 6.07) is 19.3. The van der Waals surface area contributed by atoms with Crippen LogP contribution in [0.1, 0.15) is 29.7 Å². The monoisotopic (exact) mass is 324 g/mol. The normalized spacial score (nSPS) is 17.6. The maximum Gasteiger partial charge on any atom is 3.00 e. The fourth-order valence-electron chi connectivity index (χ4n) is 2.46. The van der Waals surface area contributed by atoms with E-state index in [4.69, 9.17) is 5.41 Å². The summed E-state index contributed by atoms with van der Waals surface area (Å²) in [6.07, 6.45) is 0. The predicted octanol–water partition coefficient (Wildman–Crippen LogP) is 3.30. The maximum atomic E-state index is 8.38. The van der Waals surface area contributed by atoms with Gasteiger partial charge in [0, 0.05) is 5.71 Å². The van der Waals surface area contributed by atoms with Crippen LogP contribution in [0.25, 0.3) is 0 Å². The third-order valence-electron chi connectivity index (χ3n) is 3.40. The van der Waals surface area contributed by atoms with Gasteiger partial charge in [-0.2, -0.15) is 11.6 Å². The molecule has 2 nitrogen and oxygen atoms in total. The molecule has 3 rings (SSSR count). The minimum absolute atomic E-state index is 0. The molecule has 1 atom stereocenters. The third kappa shape index (κ3) is 2.67. The van der Waals surface area contributed by atoms with Crippen molar-refractivity contribution in [3.8, 4) is 0 Å². The van der Waals surface area contributed by atoms with Crippen molar-refractivity contribution in [2.45, 2.75) is 13.0 Å². The van der Waals surface area contributed by atoms with Crippen molar-refractivity contribution < 1.29 is 32.7 Å². The standard InChI is InChI=1S/C16H15N2.Y/c1-11-13-9-5-6-10-14(13)15(17)16(18-11)12-7-3-2-4-8-12;/h2-10,16-18H,1H3;/q-1;+3. The van der Waals surface area contributed by atoms with Gasteiger partial charge in [-0.1, -0.05) is 43.3 Å². The van der Waals surface area contributed by atoms with Crippen molar-refractivity contribution in [2.24, 2.45) is 0 Å². The second-order valence-corrected chi connectivity index (χ2v) is 4.57. The Kier molecular flexibility index (Phi) is 4.56. The Bertz CT molecular complexity index is 580. The Morgan fingerprint density at radius 3 is 2.37 bits per heavy atom. The molecule has 90 valence electrons. The van der Waals surface area contributed by atoms with Gasteiger partial charge in [0.05, 0.1) is 6.04 Å². The summed E-state index contributed by atoms with van der Waals surface area (Å²) >= 11 is 0. The fourth-order valence-corrected chi connectivity index (χ4v) is 2.46. The number of benzene rings is 2. The minimum Gasteiger partial charge on any atom is -0.334 e. The van der Waals surface area contributed by atoms with Crippen LogP contribution < -0.4 is 5.32 Å². The predicted molar refractivity (Wildman–Crippen MR) is 73.6 cm³/mol. The van der Waals surface area contributed by atoms with Crippen LogP contribution in [0.5, 0.6) is 0 Å². The van der Waals surface area contributed by atoms with Crippen LogP contribution >= 0.6 is 0 Å². The van der Waals surface area contributed by atoms with Gasteiger partial charge in [0.1, 0.15) is 0 Å². The van der Waals surface area contributed by atoms with E-state index in [1.807, 2.05) is 36.4 Å². The van der Waals surface area contributed by atoms with Crippen molar-refractivity contribution in [2.75, 3.05) is 0 Å². The van der Waals surface area contributed by atoms with Crippen LogP contribution in [0, 0.1) is 11.5 Å². The number of fused-ring (bicyclic) bond motifs is 1. The van der Waals surface area contributed by atoms with Gasteiger partial charge in [0.15, 0.2) is 0 Å². The van der Waals surface area contributed by atoms with E-state index in [0.29, 0.717) is 5.71 Å². The molecule has 3 heteroatoms. The molecule has 0 aliphatic carbocycles. The summed E-state index contributed by atoms with van der Waals surface area (Å²) in [4.78, 5) is 0. The molecule has 1 unspecified atom stereocenters. The van der Waals surface area contributed by atoms with E-state index in [9.17, 15) is 0 Å². The van der Waals surface area contributed by atoms with Gasteiger partial charge >= 0.3 is 32.7 Å². The van der Waals surface area contributed by atoms with Crippen molar-refractivity contribution >= 4 is 5.71 Å². The van der Waals surface area contributed by atoms with E-state index in [0.717, 1.165) is 22.7 Å². The van der Waals surface area contributed by atoms with Crippen LogP contribution in [0.3, 0.4) is 0 Å². The molecule has 1 heterocycles. The van der Waals surface area contributed by atoms with Crippen molar-refractivity contribution in [3.05, 3.63) is 77.3 Å². The molecule has 0 saturated carbocycles. The Morgan fingerprint density at radius 1 is 1.00 bits per heavy atom. The molecule has 2 aromatic rings. The SMILES string of the molecule is C[C-]1NC(c2ccccc2)C(=N)c2ccccc21.[Y+3]. The first-order valence-electron chi connectivity index (χ1n) is 6.10. The summed E-state index contributed by atoms with van der Waals surface area (Å²) in [5, 5.41) is 11.8. The zero-order valence-corrected chi connectivity index (χ0v) is 13.7. The third-order valence-corrected chi connectivity index (χ3v) is 3.40. The van der Waals surface area contributed by atoms with Crippen LogP contribution in [0.15, 0.2) is 54.6 Å². The Labute approximate surface area is 139 Å². The van der Waals surface area contributed by atoms with E-state index in [1.165, 1.54) is 0 Å². The van der Waals surface area contributed by atoms with Crippen LogP contribution in [-0.2, 0) is 32.7 Å². The summed E-state index contributed by atoms with van der Waals surface area (Å²) in [5.41, 5.74) is 3.94. The van der Waals surface area contributed by atoms with Crippen LogP contribution in [-0.4, -0.2) is 5.71 Å². The molecular formula is C16H15N2Y+2. The summed E-state index contributed by atoms with van der Waals surface area (Å²) < 4.78 is 0. The zero-order chi connectivity index (χ0) is 12.5. The van der Waals surface area contributed by atoms with Gasteiger partial charge in [0.2, 0.25) is 0 Å². The first-order chi connectivity index (χ1) is 8.77.